The van der Waals surface area contributed by atoms with E-state index in [9.17, 15) is 8.42 Å². The lowest BCUT2D eigenvalue weighted by Crippen LogP contribution is -2.07. The molecule has 0 unspecified atom stereocenters. The molecule has 0 fully saturated rings. The molecule has 0 heterocycles. The maximum Gasteiger partial charge on any atom is 0.296 e. The Labute approximate surface area is 117 Å². The van der Waals surface area contributed by atoms with E-state index in [1.807, 2.05) is 0 Å². The highest BCUT2D eigenvalue weighted by Gasteiger charge is 2.13. The Morgan fingerprint density at radius 1 is 1.00 bits per heavy atom. The van der Waals surface area contributed by atoms with Crippen molar-refractivity contribution in [2.45, 2.75) is 50.8 Å². The summed E-state index contributed by atoms with van der Waals surface area (Å²) < 4.78 is 28.6. The van der Waals surface area contributed by atoms with Gasteiger partial charge in [0.25, 0.3) is 10.1 Å². The number of unbranched alkanes of at least 4 members (excludes halogenated alkanes) is 3. The van der Waals surface area contributed by atoms with Crippen LogP contribution in [0.2, 0.25) is 0 Å². The van der Waals surface area contributed by atoms with Crippen LogP contribution < -0.4 is 0 Å². The lowest BCUT2D eigenvalue weighted by molar-refractivity contribution is 0.305. The van der Waals surface area contributed by atoms with Crippen LogP contribution in [-0.2, 0) is 14.3 Å². The Morgan fingerprint density at radius 3 is 2.26 bits per heavy atom. The van der Waals surface area contributed by atoms with Crippen LogP contribution in [0.5, 0.6) is 0 Å². The van der Waals surface area contributed by atoms with E-state index in [2.05, 4.69) is 13.8 Å². The summed E-state index contributed by atoms with van der Waals surface area (Å²) in [4.78, 5) is 0.231. The normalized spacial score (nSPS) is 11.9. The molecule has 3 nitrogen and oxygen atoms in total. The molecule has 0 bridgehead atoms. The molecule has 0 aliphatic heterocycles. The van der Waals surface area contributed by atoms with Crippen LogP contribution >= 0.6 is 0 Å². The van der Waals surface area contributed by atoms with Crippen LogP contribution in [0.1, 0.15) is 46.0 Å². The van der Waals surface area contributed by atoms with Crippen LogP contribution in [0, 0.1) is 5.92 Å². The van der Waals surface area contributed by atoms with Gasteiger partial charge in [-0.3, -0.25) is 4.18 Å². The van der Waals surface area contributed by atoms with Crippen molar-refractivity contribution in [1.29, 1.82) is 0 Å². The fraction of sp³-hybridized carbons (Fsp3) is 0.600. The monoisotopic (exact) mass is 284 g/mol. The van der Waals surface area contributed by atoms with Gasteiger partial charge in [0.1, 0.15) is 0 Å². The highest BCUT2D eigenvalue weighted by molar-refractivity contribution is 7.86. The Bertz CT molecular complexity index is 438. The zero-order chi connectivity index (χ0) is 14.1. The second kappa shape index (κ2) is 8.33. The van der Waals surface area contributed by atoms with Crippen molar-refractivity contribution in [2.24, 2.45) is 5.92 Å². The molecular formula is C15H24O3S. The summed E-state index contributed by atoms with van der Waals surface area (Å²) >= 11 is 0. The molecule has 0 saturated carbocycles. The summed E-state index contributed by atoms with van der Waals surface area (Å²) in [5.41, 5.74) is 0. The molecule has 0 aromatic heterocycles. The van der Waals surface area contributed by atoms with Crippen molar-refractivity contribution in [3.05, 3.63) is 30.3 Å². The van der Waals surface area contributed by atoms with E-state index >= 15 is 0 Å². The van der Waals surface area contributed by atoms with Gasteiger partial charge in [-0.05, 0) is 24.5 Å². The first-order valence-corrected chi connectivity index (χ1v) is 8.37. The van der Waals surface area contributed by atoms with Gasteiger partial charge in [0.2, 0.25) is 0 Å². The Morgan fingerprint density at radius 2 is 1.63 bits per heavy atom. The fourth-order valence-corrected chi connectivity index (χ4v) is 2.80. The number of hydrogen-bond donors (Lipinski definition) is 0. The quantitative estimate of drug-likeness (QED) is 0.508. The number of hydrogen-bond acceptors (Lipinski definition) is 3. The lowest BCUT2D eigenvalue weighted by Gasteiger charge is -2.06. The highest BCUT2D eigenvalue weighted by Crippen LogP contribution is 2.13. The Hall–Kier alpha value is -0.870. The van der Waals surface area contributed by atoms with E-state index in [1.54, 1.807) is 30.3 Å². The maximum atomic E-state index is 11.8. The van der Waals surface area contributed by atoms with Crippen LogP contribution in [0.15, 0.2) is 35.2 Å². The van der Waals surface area contributed by atoms with Gasteiger partial charge in [-0.2, -0.15) is 8.42 Å². The number of benzene rings is 1. The standard InChI is InChI=1S/C15H24O3S/c1-14(2)10-6-3-4-9-13-18-19(16,17)15-11-7-5-8-12-15/h5,7-8,11-12,14H,3-4,6,9-10,13H2,1-2H3. The maximum absolute atomic E-state index is 11.8. The predicted molar refractivity (Wildman–Crippen MR) is 77.5 cm³/mol. The van der Waals surface area contributed by atoms with Crippen molar-refractivity contribution in [3.63, 3.8) is 0 Å². The summed E-state index contributed by atoms with van der Waals surface area (Å²) in [6.07, 6.45) is 5.42. The van der Waals surface area contributed by atoms with E-state index < -0.39 is 10.1 Å². The first kappa shape index (κ1) is 16.2. The summed E-state index contributed by atoms with van der Waals surface area (Å²) in [5, 5.41) is 0. The van der Waals surface area contributed by atoms with Crippen molar-refractivity contribution in [1.82, 2.24) is 0 Å². The molecule has 19 heavy (non-hydrogen) atoms. The molecule has 4 heteroatoms. The lowest BCUT2D eigenvalue weighted by atomic mass is 10.0. The third-order valence-corrected chi connectivity index (χ3v) is 4.27. The van der Waals surface area contributed by atoms with Crippen LogP contribution in [-0.4, -0.2) is 15.0 Å². The summed E-state index contributed by atoms with van der Waals surface area (Å²) in [7, 11) is -3.57. The van der Waals surface area contributed by atoms with Crippen molar-refractivity contribution in [3.8, 4) is 0 Å². The molecule has 108 valence electrons. The molecule has 0 aliphatic rings. The Balaban J connectivity index is 2.19. The van der Waals surface area contributed by atoms with Crippen LogP contribution in [0.3, 0.4) is 0 Å². The van der Waals surface area contributed by atoms with Gasteiger partial charge in [-0.15, -0.1) is 0 Å². The SMILES string of the molecule is CC(C)CCCCCCOS(=O)(=O)c1ccccc1. The number of rotatable bonds is 9. The summed E-state index contributed by atoms with van der Waals surface area (Å²) in [6, 6.07) is 8.29. The van der Waals surface area contributed by atoms with E-state index in [4.69, 9.17) is 4.18 Å². The van der Waals surface area contributed by atoms with Crippen molar-refractivity contribution in [2.75, 3.05) is 6.61 Å². The van der Waals surface area contributed by atoms with Crippen molar-refractivity contribution >= 4 is 10.1 Å². The zero-order valence-electron chi connectivity index (χ0n) is 11.8. The third-order valence-electron chi connectivity index (χ3n) is 2.95. The van der Waals surface area contributed by atoms with Gasteiger partial charge < -0.3 is 0 Å². The third kappa shape index (κ3) is 6.73. The fourth-order valence-electron chi connectivity index (χ4n) is 1.83. The molecule has 0 radical (unpaired) electrons. The first-order chi connectivity index (χ1) is 9.02. The van der Waals surface area contributed by atoms with Gasteiger partial charge in [-0.1, -0.05) is 57.7 Å². The van der Waals surface area contributed by atoms with Gasteiger partial charge >= 0.3 is 0 Å². The second-order valence-corrected chi connectivity index (χ2v) is 6.80. The van der Waals surface area contributed by atoms with Gasteiger partial charge in [-0.25, -0.2) is 0 Å². The zero-order valence-corrected chi connectivity index (χ0v) is 12.7. The largest absolute Gasteiger partial charge is 0.296 e. The van der Waals surface area contributed by atoms with E-state index in [1.165, 1.54) is 12.8 Å². The molecule has 1 rings (SSSR count). The van der Waals surface area contributed by atoms with Gasteiger partial charge in [0, 0.05) is 0 Å². The second-order valence-electron chi connectivity index (χ2n) is 5.19. The highest BCUT2D eigenvalue weighted by atomic mass is 32.2. The molecule has 0 N–H and O–H groups in total. The Kier molecular flexibility index (Phi) is 7.10. The predicted octanol–water partition coefficient (Wildman–Crippen LogP) is 4.00. The van der Waals surface area contributed by atoms with Crippen LogP contribution in [0.4, 0.5) is 0 Å². The summed E-state index contributed by atoms with van der Waals surface area (Å²) in [5.74, 6) is 0.745. The molecule has 0 spiro atoms. The van der Waals surface area contributed by atoms with E-state index in [0.717, 1.165) is 25.2 Å². The average Bonchev–Trinajstić information content (AvgIpc) is 2.38. The minimum absolute atomic E-state index is 0.231. The van der Waals surface area contributed by atoms with E-state index in [-0.39, 0.29) is 11.5 Å². The van der Waals surface area contributed by atoms with Gasteiger partial charge in [0.05, 0.1) is 11.5 Å². The summed E-state index contributed by atoms with van der Waals surface area (Å²) in [6.45, 7) is 4.71. The molecule has 0 amide bonds. The minimum atomic E-state index is -3.57. The topological polar surface area (TPSA) is 43.4 Å². The van der Waals surface area contributed by atoms with E-state index in [0.29, 0.717) is 0 Å². The minimum Gasteiger partial charge on any atom is -0.266 e. The molecule has 0 aliphatic carbocycles. The van der Waals surface area contributed by atoms with Crippen LogP contribution in [0.25, 0.3) is 0 Å². The first-order valence-electron chi connectivity index (χ1n) is 6.97. The molecule has 1 aromatic rings. The smallest absolute Gasteiger partial charge is 0.266 e. The molecular weight excluding hydrogens is 260 g/mol. The average molecular weight is 284 g/mol. The molecule has 0 atom stereocenters. The molecule has 0 saturated heterocycles. The van der Waals surface area contributed by atoms with Crippen molar-refractivity contribution < 1.29 is 12.6 Å². The van der Waals surface area contributed by atoms with Gasteiger partial charge in [0.15, 0.2) is 0 Å². The molecule has 1 aromatic carbocycles.